The molecular weight excluding hydrogens is 350 g/mol. The normalized spacial score (nSPS) is 10.3. The van der Waals surface area contributed by atoms with E-state index in [2.05, 4.69) is 27.0 Å². The van der Waals surface area contributed by atoms with Crippen molar-refractivity contribution in [3.63, 3.8) is 0 Å². The van der Waals surface area contributed by atoms with Gasteiger partial charge in [-0.15, -0.1) is 0 Å². The van der Waals surface area contributed by atoms with E-state index in [1.807, 2.05) is 0 Å². The number of allylic oxidation sites excluding steroid dienone is 1. The number of carbonyl (C=O) groups is 2. The molecule has 3 rings (SSSR count). The molecule has 3 aromatic heterocycles. The molecule has 0 bridgehead atoms. The summed E-state index contributed by atoms with van der Waals surface area (Å²) in [6, 6.07) is 8.13. The van der Waals surface area contributed by atoms with E-state index in [1.165, 1.54) is 16.9 Å². The lowest BCUT2D eigenvalue weighted by molar-refractivity contribution is 0.0690. The third-order valence-corrected chi connectivity index (χ3v) is 3.36. The summed E-state index contributed by atoms with van der Waals surface area (Å²) in [5, 5.41) is 15.9. The number of pyridine rings is 2. The molecule has 0 aliphatic heterocycles. The maximum atomic E-state index is 11.6. The van der Waals surface area contributed by atoms with E-state index in [1.54, 1.807) is 43.6 Å². The van der Waals surface area contributed by atoms with E-state index >= 15 is 0 Å². The molecule has 0 saturated carbocycles. The molecule has 0 radical (unpaired) electrons. The fraction of sp³-hybridized carbons (Fsp3) is 0.0556. The predicted molar refractivity (Wildman–Crippen MR) is 96.5 cm³/mol. The van der Waals surface area contributed by atoms with Crippen LogP contribution in [0.1, 0.15) is 17.4 Å². The molecule has 0 aromatic carbocycles. The summed E-state index contributed by atoms with van der Waals surface area (Å²) >= 11 is 0. The minimum Gasteiger partial charge on any atom is -0.476 e. The summed E-state index contributed by atoms with van der Waals surface area (Å²) in [5.74, 6) is -0.890. The topological polar surface area (TPSA) is 119 Å². The van der Waals surface area contributed by atoms with E-state index in [4.69, 9.17) is 4.74 Å². The van der Waals surface area contributed by atoms with Gasteiger partial charge in [0.2, 0.25) is 0 Å². The van der Waals surface area contributed by atoms with Crippen LogP contribution in [-0.2, 0) is 4.74 Å². The van der Waals surface area contributed by atoms with Crippen molar-refractivity contribution < 1.29 is 19.4 Å². The lowest BCUT2D eigenvalue weighted by Crippen LogP contribution is -2.12. The number of hydrogen-bond acceptors (Lipinski definition) is 6. The molecule has 27 heavy (non-hydrogen) atoms. The second-order valence-electron chi connectivity index (χ2n) is 5.49. The average Bonchev–Trinajstić information content (AvgIpc) is 3.08. The van der Waals surface area contributed by atoms with Crippen molar-refractivity contribution in [2.45, 2.75) is 6.92 Å². The summed E-state index contributed by atoms with van der Waals surface area (Å²) in [7, 11) is 0. The molecule has 0 saturated heterocycles. The van der Waals surface area contributed by atoms with Crippen LogP contribution in [0.15, 0.2) is 61.3 Å². The van der Waals surface area contributed by atoms with Crippen LogP contribution < -0.4 is 5.32 Å². The maximum Gasteiger partial charge on any atom is 0.416 e. The molecular formula is C18H15N5O4. The monoisotopic (exact) mass is 365 g/mol. The smallest absolute Gasteiger partial charge is 0.416 e. The third-order valence-electron chi connectivity index (χ3n) is 3.36. The molecule has 0 aliphatic carbocycles. The van der Waals surface area contributed by atoms with Gasteiger partial charge in [-0.25, -0.2) is 14.3 Å². The first kappa shape index (κ1) is 17.8. The van der Waals surface area contributed by atoms with Gasteiger partial charge in [0, 0.05) is 12.3 Å². The average molecular weight is 365 g/mol. The summed E-state index contributed by atoms with van der Waals surface area (Å²) < 4.78 is 6.26. The van der Waals surface area contributed by atoms with Crippen LogP contribution in [0, 0.1) is 0 Å². The van der Waals surface area contributed by atoms with Gasteiger partial charge >= 0.3 is 12.1 Å². The summed E-state index contributed by atoms with van der Waals surface area (Å²) in [6.45, 7) is 5.04. The Bertz CT molecular complexity index is 996. The number of carboxylic acids is 1. The van der Waals surface area contributed by atoms with Gasteiger partial charge in [0.1, 0.15) is 0 Å². The third kappa shape index (κ3) is 4.15. The van der Waals surface area contributed by atoms with Crippen LogP contribution >= 0.6 is 0 Å². The van der Waals surface area contributed by atoms with Gasteiger partial charge in [-0.2, -0.15) is 5.10 Å². The fourth-order valence-corrected chi connectivity index (χ4v) is 2.26. The number of ether oxygens (including phenoxy) is 1. The zero-order chi connectivity index (χ0) is 19.4. The summed E-state index contributed by atoms with van der Waals surface area (Å²) in [5.41, 5.74) is 1.82. The highest BCUT2D eigenvalue weighted by Crippen LogP contribution is 2.23. The first-order valence-corrected chi connectivity index (χ1v) is 7.78. The molecule has 0 aliphatic rings. The van der Waals surface area contributed by atoms with Gasteiger partial charge in [0.15, 0.2) is 5.69 Å². The molecule has 9 nitrogen and oxygen atoms in total. The summed E-state index contributed by atoms with van der Waals surface area (Å²) in [6.07, 6.45) is 3.92. The van der Waals surface area contributed by atoms with E-state index < -0.39 is 12.1 Å². The number of hydrogen-bond donors (Lipinski definition) is 2. The number of aromatic carboxylic acids is 1. The van der Waals surface area contributed by atoms with E-state index in [9.17, 15) is 14.7 Å². The van der Waals surface area contributed by atoms with Crippen LogP contribution in [0.5, 0.6) is 0 Å². The minimum absolute atomic E-state index is 0.122. The van der Waals surface area contributed by atoms with Crippen molar-refractivity contribution in [1.29, 1.82) is 0 Å². The second kappa shape index (κ2) is 7.48. The molecule has 0 atom stereocenters. The van der Waals surface area contributed by atoms with Gasteiger partial charge in [0.25, 0.3) is 0 Å². The Morgan fingerprint density at radius 3 is 2.67 bits per heavy atom. The lowest BCUT2D eigenvalue weighted by atomic mass is 10.2. The van der Waals surface area contributed by atoms with E-state index in [0.29, 0.717) is 22.8 Å². The minimum atomic E-state index is -1.15. The fourth-order valence-electron chi connectivity index (χ4n) is 2.26. The molecule has 0 fully saturated rings. The lowest BCUT2D eigenvalue weighted by Gasteiger charge is -2.08. The highest BCUT2D eigenvalue weighted by molar-refractivity contribution is 5.87. The molecule has 136 valence electrons. The predicted octanol–water partition coefficient (Wildman–Crippen LogP) is 3.11. The Labute approximate surface area is 154 Å². The molecule has 0 spiro atoms. The quantitative estimate of drug-likeness (QED) is 0.667. The molecule has 9 heteroatoms. The largest absolute Gasteiger partial charge is 0.476 e. The van der Waals surface area contributed by atoms with Gasteiger partial charge in [-0.3, -0.25) is 15.3 Å². The van der Waals surface area contributed by atoms with Crippen molar-refractivity contribution >= 4 is 17.7 Å². The number of nitrogens with one attached hydrogen (secondary N) is 1. The van der Waals surface area contributed by atoms with Crippen molar-refractivity contribution in [3.05, 3.63) is 67.0 Å². The SMILES string of the molecule is C=C(C)OC(=O)Nc1ccc(-c2cc(C(=O)O)nn2-c2cccnc2)nc1. The number of rotatable bonds is 5. The molecule has 2 N–H and O–H groups in total. The number of carboxylic acid groups (broad SMARTS) is 1. The van der Waals surface area contributed by atoms with Crippen molar-refractivity contribution in [2.75, 3.05) is 5.32 Å². The zero-order valence-corrected chi connectivity index (χ0v) is 14.3. The van der Waals surface area contributed by atoms with Crippen LogP contribution in [0.3, 0.4) is 0 Å². The van der Waals surface area contributed by atoms with E-state index in [0.717, 1.165) is 0 Å². The second-order valence-corrected chi connectivity index (χ2v) is 5.49. The molecule has 0 unspecified atom stereocenters. The van der Waals surface area contributed by atoms with Gasteiger partial charge in [0.05, 0.1) is 40.9 Å². The Kier molecular flexibility index (Phi) is 4.93. The van der Waals surface area contributed by atoms with Crippen molar-refractivity contribution in [3.8, 4) is 17.1 Å². The Hall–Kier alpha value is -4.01. The number of carbonyl (C=O) groups excluding carboxylic acids is 1. The highest BCUT2D eigenvalue weighted by Gasteiger charge is 2.17. The highest BCUT2D eigenvalue weighted by atomic mass is 16.6. The molecule has 3 heterocycles. The van der Waals surface area contributed by atoms with Crippen LogP contribution in [0.2, 0.25) is 0 Å². The first-order valence-electron chi connectivity index (χ1n) is 7.78. The Morgan fingerprint density at radius 2 is 2.07 bits per heavy atom. The first-order chi connectivity index (χ1) is 12.9. The Balaban J connectivity index is 1.93. The van der Waals surface area contributed by atoms with Crippen LogP contribution in [0.4, 0.5) is 10.5 Å². The summed E-state index contributed by atoms with van der Waals surface area (Å²) in [4.78, 5) is 31.2. The number of aromatic nitrogens is 4. The maximum absolute atomic E-state index is 11.6. The van der Waals surface area contributed by atoms with Crippen molar-refractivity contribution in [1.82, 2.24) is 19.7 Å². The number of nitrogens with zero attached hydrogens (tertiary/aromatic N) is 4. The van der Waals surface area contributed by atoms with E-state index in [-0.39, 0.29) is 11.5 Å². The van der Waals surface area contributed by atoms with Crippen LogP contribution in [0.25, 0.3) is 17.1 Å². The molecule has 1 amide bonds. The van der Waals surface area contributed by atoms with Gasteiger partial charge in [-0.05, 0) is 31.2 Å². The van der Waals surface area contributed by atoms with Crippen LogP contribution in [-0.4, -0.2) is 36.9 Å². The zero-order valence-electron chi connectivity index (χ0n) is 14.3. The molecule has 3 aromatic rings. The number of amides is 1. The van der Waals surface area contributed by atoms with Crippen molar-refractivity contribution in [2.24, 2.45) is 0 Å². The number of anilines is 1. The standard InChI is InChI=1S/C18H15N5O4/c1-11(2)27-18(26)21-12-5-6-14(20-9-12)16-8-15(17(24)25)22-23(16)13-4-3-7-19-10-13/h3-10H,1H2,2H3,(H,21,26)(H,24,25). The van der Waals surface area contributed by atoms with Gasteiger partial charge < -0.3 is 9.84 Å². The van der Waals surface area contributed by atoms with Gasteiger partial charge in [-0.1, -0.05) is 6.58 Å². The Morgan fingerprint density at radius 1 is 1.26 bits per heavy atom.